The standard InChI is InChI=1S/C27H31ClN8O4/c1-15-13-31-20(16(2)22(15)39-3)14-36-24-21(23(28)33-27(29)34-24)18(26(36)38)12-17-4-5-19(32-17)25(37)30-6-7-35-8-10-40-11-9-35/h4-5,12-13,32H,6-11,14H2,1-3H3,(H,30,37)(H2,29,33,34). The predicted octanol–water partition coefficient (Wildman–Crippen LogP) is 2.21. The molecular weight excluding hydrogens is 536 g/mol. The molecule has 2 aliphatic rings. The van der Waals surface area contributed by atoms with E-state index in [9.17, 15) is 9.59 Å². The molecular formula is C27H31ClN8O4. The average molecular weight is 567 g/mol. The Morgan fingerprint density at radius 3 is 2.80 bits per heavy atom. The van der Waals surface area contributed by atoms with E-state index in [1.54, 1.807) is 31.5 Å². The van der Waals surface area contributed by atoms with Crippen LogP contribution in [0.4, 0.5) is 11.8 Å². The zero-order chi connectivity index (χ0) is 28.4. The van der Waals surface area contributed by atoms with Crippen molar-refractivity contribution in [1.29, 1.82) is 0 Å². The van der Waals surface area contributed by atoms with Crippen LogP contribution < -0.4 is 20.7 Å². The lowest BCUT2D eigenvalue weighted by atomic mass is 10.1. The van der Waals surface area contributed by atoms with E-state index in [1.807, 2.05) is 13.8 Å². The highest BCUT2D eigenvalue weighted by atomic mass is 35.5. The van der Waals surface area contributed by atoms with Gasteiger partial charge in [-0.15, -0.1) is 0 Å². The number of anilines is 2. The number of aromatic nitrogens is 4. The summed E-state index contributed by atoms with van der Waals surface area (Å²) < 4.78 is 10.9. The number of ether oxygens (including phenoxy) is 2. The lowest BCUT2D eigenvalue weighted by Gasteiger charge is -2.26. The highest BCUT2D eigenvalue weighted by molar-refractivity contribution is 6.41. The second-order valence-corrected chi connectivity index (χ2v) is 9.96. The Kier molecular flexibility index (Phi) is 8.01. The number of H-pyrrole nitrogens is 1. The molecule has 1 saturated heterocycles. The number of hydrogen-bond acceptors (Lipinski definition) is 9. The lowest BCUT2D eigenvalue weighted by Crippen LogP contribution is -2.41. The molecule has 5 heterocycles. The first-order valence-corrected chi connectivity index (χ1v) is 13.3. The molecule has 1 fully saturated rings. The van der Waals surface area contributed by atoms with Gasteiger partial charge in [-0.1, -0.05) is 11.6 Å². The number of hydrogen-bond donors (Lipinski definition) is 3. The van der Waals surface area contributed by atoms with Gasteiger partial charge in [0.05, 0.1) is 43.7 Å². The minimum Gasteiger partial charge on any atom is -0.496 e. The van der Waals surface area contributed by atoms with Gasteiger partial charge in [-0.05, 0) is 32.1 Å². The number of carbonyl (C=O) groups excluding carboxylic acids is 2. The quantitative estimate of drug-likeness (QED) is 0.275. The van der Waals surface area contributed by atoms with Crippen molar-refractivity contribution in [2.75, 3.05) is 57.1 Å². The first kappa shape index (κ1) is 27.6. The largest absolute Gasteiger partial charge is 0.496 e. The maximum atomic E-state index is 13.7. The van der Waals surface area contributed by atoms with Gasteiger partial charge in [-0.3, -0.25) is 24.4 Å². The summed E-state index contributed by atoms with van der Waals surface area (Å²) in [6.07, 6.45) is 3.33. The predicted molar refractivity (Wildman–Crippen MR) is 151 cm³/mol. The summed E-state index contributed by atoms with van der Waals surface area (Å²) in [7, 11) is 1.60. The van der Waals surface area contributed by atoms with Crippen molar-refractivity contribution >= 4 is 46.8 Å². The van der Waals surface area contributed by atoms with Crippen molar-refractivity contribution in [2.45, 2.75) is 20.4 Å². The molecule has 40 heavy (non-hydrogen) atoms. The zero-order valence-corrected chi connectivity index (χ0v) is 23.3. The van der Waals surface area contributed by atoms with Crippen LogP contribution in [0, 0.1) is 13.8 Å². The molecule has 210 valence electrons. The summed E-state index contributed by atoms with van der Waals surface area (Å²) in [5, 5.41) is 2.98. The number of carbonyl (C=O) groups is 2. The van der Waals surface area contributed by atoms with Crippen LogP contribution in [0.1, 0.15) is 38.6 Å². The van der Waals surface area contributed by atoms with Gasteiger partial charge in [-0.25, -0.2) is 4.98 Å². The van der Waals surface area contributed by atoms with E-state index in [1.165, 1.54) is 4.90 Å². The molecule has 0 unspecified atom stereocenters. The van der Waals surface area contributed by atoms with E-state index in [2.05, 4.69) is 30.2 Å². The number of nitrogen functional groups attached to an aromatic ring is 1. The molecule has 3 aromatic rings. The highest BCUT2D eigenvalue weighted by Gasteiger charge is 2.37. The number of amides is 2. The van der Waals surface area contributed by atoms with Crippen LogP contribution in [-0.2, 0) is 16.1 Å². The molecule has 13 heteroatoms. The molecule has 5 rings (SSSR count). The van der Waals surface area contributed by atoms with Crippen LogP contribution in [0.3, 0.4) is 0 Å². The lowest BCUT2D eigenvalue weighted by molar-refractivity contribution is -0.113. The normalized spacial score (nSPS) is 16.4. The monoisotopic (exact) mass is 566 g/mol. The Hall–Kier alpha value is -4.00. The fourth-order valence-electron chi connectivity index (χ4n) is 4.91. The Morgan fingerprint density at radius 2 is 2.05 bits per heavy atom. The summed E-state index contributed by atoms with van der Waals surface area (Å²) in [5.41, 5.74) is 9.81. The molecule has 12 nitrogen and oxygen atoms in total. The zero-order valence-electron chi connectivity index (χ0n) is 22.6. The molecule has 0 aliphatic carbocycles. The minimum atomic E-state index is -0.344. The first-order valence-electron chi connectivity index (χ1n) is 12.9. The third kappa shape index (κ3) is 5.51. The van der Waals surface area contributed by atoms with E-state index >= 15 is 0 Å². The minimum absolute atomic E-state index is 0.0510. The molecule has 0 spiro atoms. The summed E-state index contributed by atoms with van der Waals surface area (Å²) in [6, 6.07) is 3.39. The Balaban J connectivity index is 1.38. The van der Waals surface area contributed by atoms with Crippen molar-refractivity contribution in [3.63, 3.8) is 0 Å². The summed E-state index contributed by atoms with van der Waals surface area (Å²) in [6.45, 7) is 8.30. The number of pyridine rings is 1. The van der Waals surface area contributed by atoms with Crippen LogP contribution in [0.15, 0.2) is 18.3 Å². The molecule has 2 aliphatic heterocycles. The van der Waals surface area contributed by atoms with Gasteiger partial charge >= 0.3 is 0 Å². The molecule has 0 bridgehead atoms. The van der Waals surface area contributed by atoms with Crippen molar-refractivity contribution in [1.82, 2.24) is 30.2 Å². The molecule has 0 atom stereocenters. The average Bonchev–Trinajstić information content (AvgIpc) is 3.50. The molecule has 0 aromatic carbocycles. The van der Waals surface area contributed by atoms with Gasteiger partial charge in [-0.2, -0.15) is 4.98 Å². The van der Waals surface area contributed by atoms with Gasteiger partial charge in [0.25, 0.3) is 11.8 Å². The topological polar surface area (TPSA) is 152 Å². The van der Waals surface area contributed by atoms with E-state index < -0.39 is 0 Å². The van der Waals surface area contributed by atoms with Gasteiger partial charge in [0, 0.05) is 49.2 Å². The molecule has 0 saturated carbocycles. The van der Waals surface area contributed by atoms with E-state index in [0.29, 0.717) is 54.0 Å². The van der Waals surface area contributed by atoms with Crippen LogP contribution in [0.25, 0.3) is 11.6 Å². The van der Waals surface area contributed by atoms with Gasteiger partial charge in [0.2, 0.25) is 5.95 Å². The Morgan fingerprint density at radius 1 is 1.27 bits per heavy atom. The van der Waals surface area contributed by atoms with Crippen LogP contribution in [0.5, 0.6) is 5.75 Å². The molecule has 2 amide bonds. The third-order valence-corrected chi connectivity index (χ3v) is 7.27. The summed E-state index contributed by atoms with van der Waals surface area (Å²) in [4.78, 5) is 46.1. The van der Waals surface area contributed by atoms with Gasteiger partial charge in [0.1, 0.15) is 16.6 Å². The molecule has 0 radical (unpaired) electrons. The number of morpholine rings is 1. The van der Waals surface area contributed by atoms with Gasteiger partial charge in [0.15, 0.2) is 5.82 Å². The van der Waals surface area contributed by atoms with Crippen LogP contribution >= 0.6 is 11.6 Å². The van der Waals surface area contributed by atoms with E-state index in [4.69, 9.17) is 26.8 Å². The number of fused-ring (bicyclic) bond motifs is 1. The Bertz CT molecular complexity index is 1480. The third-order valence-electron chi connectivity index (χ3n) is 6.99. The maximum absolute atomic E-state index is 13.7. The fraction of sp³-hybridized carbons (Fsp3) is 0.370. The van der Waals surface area contributed by atoms with E-state index in [-0.39, 0.29) is 35.0 Å². The second kappa shape index (κ2) is 11.6. The number of aryl methyl sites for hydroxylation is 1. The first-order chi connectivity index (χ1) is 19.3. The number of methoxy groups -OCH3 is 1. The highest BCUT2D eigenvalue weighted by Crippen LogP contribution is 2.41. The smallest absolute Gasteiger partial charge is 0.267 e. The number of rotatable bonds is 8. The van der Waals surface area contributed by atoms with Crippen molar-refractivity contribution in [3.8, 4) is 5.75 Å². The van der Waals surface area contributed by atoms with E-state index in [0.717, 1.165) is 30.8 Å². The maximum Gasteiger partial charge on any atom is 0.267 e. The van der Waals surface area contributed by atoms with Gasteiger partial charge < -0.3 is 25.5 Å². The fourth-order valence-corrected chi connectivity index (χ4v) is 5.18. The number of halogens is 1. The number of nitrogens with two attached hydrogens (primary N) is 1. The molecule has 3 aromatic heterocycles. The molecule has 4 N–H and O–H groups in total. The van der Waals surface area contributed by atoms with Crippen LogP contribution in [0.2, 0.25) is 5.15 Å². The van der Waals surface area contributed by atoms with Crippen molar-refractivity contribution < 1.29 is 19.1 Å². The number of nitrogens with zero attached hydrogens (tertiary/aromatic N) is 5. The summed E-state index contributed by atoms with van der Waals surface area (Å²) >= 11 is 6.47. The number of nitrogens with one attached hydrogen (secondary N) is 2. The summed E-state index contributed by atoms with van der Waals surface area (Å²) in [5.74, 6) is 0.368. The number of aromatic amines is 1. The Labute approximate surface area is 236 Å². The SMILES string of the molecule is COc1c(C)cnc(CN2C(=O)C(=Cc3ccc(C(=O)NCCN4CCOCC4)[nH]3)c3c(Cl)nc(N)nc32)c1C. The second-order valence-electron chi connectivity index (χ2n) is 9.60. The van der Waals surface area contributed by atoms with Crippen LogP contribution in [-0.4, -0.2) is 83.2 Å². The van der Waals surface area contributed by atoms with Crippen molar-refractivity contribution in [2.24, 2.45) is 0 Å². The van der Waals surface area contributed by atoms with Crippen molar-refractivity contribution in [3.05, 3.63) is 57.3 Å².